The van der Waals surface area contributed by atoms with Crippen LogP contribution in [0.1, 0.15) is 25.3 Å². The van der Waals surface area contributed by atoms with Gasteiger partial charge in [0.2, 0.25) is 11.8 Å². The van der Waals surface area contributed by atoms with Gasteiger partial charge < -0.3 is 9.80 Å². The van der Waals surface area contributed by atoms with Gasteiger partial charge in [-0.3, -0.25) is 9.59 Å². The van der Waals surface area contributed by atoms with E-state index in [0.717, 1.165) is 6.42 Å². The van der Waals surface area contributed by atoms with Crippen molar-refractivity contribution in [3.63, 3.8) is 0 Å². The van der Waals surface area contributed by atoms with Crippen LogP contribution in [0.4, 0.5) is 4.39 Å². The van der Waals surface area contributed by atoms with Gasteiger partial charge in [0.05, 0.1) is 6.54 Å². The first-order chi connectivity index (χ1) is 10.0. The largest absolute Gasteiger partial charge is 0.329 e. The van der Waals surface area contributed by atoms with Gasteiger partial charge in [0.15, 0.2) is 0 Å². The number of hydrogen-bond acceptors (Lipinski definition) is 2. The van der Waals surface area contributed by atoms with Crippen molar-refractivity contribution in [3.05, 3.63) is 34.6 Å². The van der Waals surface area contributed by atoms with Crippen molar-refractivity contribution in [1.82, 2.24) is 9.80 Å². The second kappa shape index (κ2) is 5.30. The summed E-state index contributed by atoms with van der Waals surface area (Å²) in [5.74, 6) is -0.632. The number of amides is 2. The molecule has 1 aromatic rings. The van der Waals surface area contributed by atoms with E-state index in [0.29, 0.717) is 13.0 Å². The molecule has 0 N–H and O–H groups in total. The number of fused-ring (bicyclic) bond motifs is 1. The lowest BCUT2D eigenvalue weighted by Crippen LogP contribution is -2.61. The van der Waals surface area contributed by atoms with Crippen LogP contribution in [0.3, 0.4) is 0 Å². The number of benzene rings is 1. The molecule has 21 heavy (non-hydrogen) atoms. The van der Waals surface area contributed by atoms with E-state index in [9.17, 15) is 14.0 Å². The molecule has 0 aromatic heterocycles. The van der Waals surface area contributed by atoms with Crippen LogP contribution in [0.15, 0.2) is 18.2 Å². The number of hydrogen-bond donors (Lipinski definition) is 0. The Balaban J connectivity index is 1.91. The Morgan fingerprint density at radius 3 is 2.81 bits per heavy atom. The predicted molar refractivity (Wildman–Crippen MR) is 76.2 cm³/mol. The third-order valence-corrected chi connectivity index (χ3v) is 4.67. The molecule has 2 atom stereocenters. The molecule has 2 aliphatic heterocycles. The van der Waals surface area contributed by atoms with Crippen LogP contribution in [0.25, 0.3) is 0 Å². The molecule has 0 bridgehead atoms. The molecule has 2 fully saturated rings. The number of carbonyl (C=O) groups excluding carboxylic acids is 2. The standard InChI is InChI=1S/C15H16ClFN2O2/c1-9-14(20)18-7-3-6-13(18)15(21)19(9)8-10-11(16)4-2-5-12(10)17/h2,4-5,9,13H,3,6-8H2,1H3/t9-,13-/m0/s1. The molecule has 0 spiro atoms. The van der Waals surface area contributed by atoms with Crippen LogP contribution in [-0.4, -0.2) is 40.2 Å². The summed E-state index contributed by atoms with van der Waals surface area (Å²) in [6.45, 7) is 2.35. The molecule has 0 unspecified atom stereocenters. The first-order valence-electron chi connectivity index (χ1n) is 7.04. The lowest BCUT2D eigenvalue weighted by atomic mass is 10.0. The van der Waals surface area contributed by atoms with Crippen molar-refractivity contribution in [2.75, 3.05) is 6.54 Å². The van der Waals surface area contributed by atoms with Crippen LogP contribution in [0, 0.1) is 5.82 Å². The first kappa shape index (κ1) is 14.3. The van der Waals surface area contributed by atoms with Crippen molar-refractivity contribution >= 4 is 23.4 Å². The topological polar surface area (TPSA) is 40.6 Å². The van der Waals surface area contributed by atoms with E-state index in [1.165, 1.54) is 17.0 Å². The molecular weight excluding hydrogens is 295 g/mol. The molecule has 2 amide bonds. The fourth-order valence-electron chi connectivity index (χ4n) is 3.11. The second-order valence-electron chi connectivity index (χ2n) is 5.53. The maximum absolute atomic E-state index is 13.9. The van der Waals surface area contributed by atoms with Crippen LogP contribution < -0.4 is 0 Å². The number of nitrogens with zero attached hydrogens (tertiary/aromatic N) is 2. The van der Waals surface area contributed by atoms with Crippen molar-refractivity contribution in [3.8, 4) is 0 Å². The van der Waals surface area contributed by atoms with Crippen LogP contribution in [-0.2, 0) is 16.1 Å². The molecule has 1 aromatic carbocycles. The molecular formula is C15H16ClFN2O2. The van der Waals surface area contributed by atoms with Crippen molar-refractivity contribution in [1.29, 1.82) is 0 Å². The van der Waals surface area contributed by atoms with Gasteiger partial charge in [-0.15, -0.1) is 0 Å². The third kappa shape index (κ3) is 2.29. The zero-order chi connectivity index (χ0) is 15.1. The van der Waals surface area contributed by atoms with Gasteiger partial charge in [-0.1, -0.05) is 17.7 Å². The molecule has 0 aliphatic carbocycles. The van der Waals surface area contributed by atoms with Crippen LogP contribution in [0.5, 0.6) is 0 Å². The summed E-state index contributed by atoms with van der Waals surface area (Å²) in [5, 5.41) is 0.274. The average Bonchev–Trinajstić information content (AvgIpc) is 2.93. The average molecular weight is 311 g/mol. The fourth-order valence-corrected chi connectivity index (χ4v) is 3.33. The molecule has 6 heteroatoms. The highest BCUT2D eigenvalue weighted by molar-refractivity contribution is 6.31. The summed E-state index contributed by atoms with van der Waals surface area (Å²) in [5.41, 5.74) is 0.263. The Kier molecular flexibility index (Phi) is 3.61. The second-order valence-corrected chi connectivity index (χ2v) is 5.94. The van der Waals surface area contributed by atoms with Gasteiger partial charge in [-0.05, 0) is 31.9 Å². The zero-order valence-corrected chi connectivity index (χ0v) is 12.4. The quantitative estimate of drug-likeness (QED) is 0.840. The van der Waals surface area contributed by atoms with Crippen molar-refractivity contribution in [2.24, 2.45) is 0 Å². The number of rotatable bonds is 2. The molecule has 2 saturated heterocycles. The van der Waals surface area contributed by atoms with E-state index >= 15 is 0 Å². The molecule has 0 radical (unpaired) electrons. The smallest absolute Gasteiger partial charge is 0.246 e. The van der Waals surface area contributed by atoms with E-state index < -0.39 is 11.9 Å². The summed E-state index contributed by atoms with van der Waals surface area (Å²) >= 11 is 6.02. The highest BCUT2D eigenvalue weighted by Gasteiger charge is 2.46. The van der Waals surface area contributed by atoms with Gasteiger partial charge in [0, 0.05) is 17.1 Å². The van der Waals surface area contributed by atoms with Gasteiger partial charge in [-0.25, -0.2) is 4.39 Å². The molecule has 3 rings (SSSR count). The number of halogens is 2. The maximum atomic E-state index is 13.9. The molecule has 0 saturated carbocycles. The van der Waals surface area contributed by atoms with Crippen molar-refractivity contribution in [2.45, 2.75) is 38.4 Å². The summed E-state index contributed by atoms with van der Waals surface area (Å²) in [4.78, 5) is 28.0. The Hall–Kier alpha value is -1.62. The van der Waals surface area contributed by atoms with E-state index in [4.69, 9.17) is 11.6 Å². The Morgan fingerprint density at radius 2 is 2.10 bits per heavy atom. The molecule has 112 valence electrons. The predicted octanol–water partition coefficient (Wildman–Crippen LogP) is 2.20. The molecule has 2 aliphatic rings. The third-order valence-electron chi connectivity index (χ3n) is 4.32. The van der Waals surface area contributed by atoms with Gasteiger partial charge in [0.25, 0.3) is 0 Å². The highest BCUT2D eigenvalue weighted by Crippen LogP contribution is 2.29. The summed E-state index contributed by atoms with van der Waals surface area (Å²) in [6, 6.07) is 3.45. The first-order valence-corrected chi connectivity index (χ1v) is 7.42. The summed E-state index contributed by atoms with van der Waals surface area (Å²) in [6.07, 6.45) is 1.52. The van der Waals surface area contributed by atoms with E-state index in [1.807, 2.05) is 0 Å². The van der Waals surface area contributed by atoms with Crippen LogP contribution in [0.2, 0.25) is 5.02 Å². The summed E-state index contributed by atoms with van der Waals surface area (Å²) in [7, 11) is 0. The van der Waals surface area contributed by atoms with Gasteiger partial charge in [-0.2, -0.15) is 0 Å². The Labute approximate surface area is 127 Å². The molecule has 4 nitrogen and oxygen atoms in total. The number of piperazine rings is 1. The maximum Gasteiger partial charge on any atom is 0.246 e. The lowest BCUT2D eigenvalue weighted by molar-refractivity contribution is -0.159. The van der Waals surface area contributed by atoms with E-state index in [2.05, 4.69) is 0 Å². The minimum absolute atomic E-state index is 0.0294. The fraction of sp³-hybridized carbons (Fsp3) is 0.467. The van der Waals surface area contributed by atoms with E-state index in [-0.39, 0.29) is 35.0 Å². The van der Waals surface area contributed by atoms with E-state index in [1.54, 1.807) is 17.9 Å². The lowest BCUT2D eigenvalue weighted by Gasteiger charge is -2.41. The van der Waals surface area contributed by atoms with Gasteiger partial charge >= 0.3 is 0 Å². The SMILES string of the molecule is C[C@H]1C(=O)N2CCC[C@H]2C(=O)N1Cc1c(F)cccc1Cl. The van der Waals surface area contributed by atoms with Crippen molar-refractivity contribution < 1.29 is 14.0 Å². The zero-order valence-electron chi connectivity index (χ0n) is 11.7. The Bertz CT molecular complexity index is 587. The van der Waals surface area contributed by atoms with Gasteiger partial charge in [0.1, 0.15) is 17.9 Å². The van der Waals surface area contributed by atoms with Crippen LogP contribution >= 0.6 is 11.6 Å². The monoisotopic (exact) mass is 310 g/mol. The highest BCUT2D eigenvalue weighted by atomic mass is 35.5. The molecule has 2 heterocycles. The minimum Gasteiger partial charge on any atom is -0.329 e. The minimum atomic E-state index is -0.581. The summed E-state index contributed by atoms with van der Waals surface area (Å²) < 4.78 is 13.9. The Morgan fingerprint density at radius 1 is 1.33 bits per heavy atom. The normalized spacial score (nSPS) is 25.5. The number of carbonyl (C=O) groups is 2.